The van der Waals surface area contributed by atoms with E-state index in [4.69, 9.17) is 4.74 Å². The zero-order chi connectivity index (χ0) is 14.9. The van der Waals surface area contributed by atoms with Gasteiger partial charge in [0.1, 0.15) is 5.54 Å². The first-order chi connectivity index (χ1) is 10.1. The number of carbonyl (C=O) groups excluding carboxylic acids is 1. The Balaban J connectivity index is 1.62. The first-order valence-electron chi connectivity index (χ1n) is 8.72. The molecule has 0 radical (unpaired) electrons. The summed E-state index contributed by atoms with van der Waals surface area (Å²) in [6.45, 7) is 5.94. The third-order valence-corrected chi connectivity index (χ3v) is 5.71. The van der Waals surface area contributed by atoms with Crippen LogP contribution in [0.15, 0.2) is 0 Å². The van der Waals surface area contributed by atoms with Crippen LogP contribution in [0.4, 0.5) is 0 Å². The van der Waals surface area contributed by atoms with E-state index in [1.165, 1.54) is 39.5 Å². The number of esters is 1. The highest BCUT2D eigenvalue weighted by Crippen LogP contribution is 2.41. The highest BCUT2D eigenvalue weighted by molar-refractivity contribution is 5.81. The minimum atomic E-state index is -0.388. The summed E-state index contributed by atoms with van der Waals surface area (Å²) in [7, 11) is 1.54. The zero-order valence-corrected chi connectivity index (χ0v) is 13.6. The molecular formula is C17H30N2O2. The minimum absolute atomic E-state index is 0.0216. The average molecular weight is 294 g/mol. The van der Waals surface area contributed by atoms with Crippen LogP contribution in [0.1, 0.15) is 51.9 Å². The molecule has 0 aromatic heterocycles. The Bertz CT molecular complexity index is 383. The molecular weight excluding hydrogens is 264 g/mol. The molecule has 3 rings (SSSR count). The molecule has 2 aliphatic carbocycles. The second-order valence-corrected chi connectivity index (χ2v) is 7.45. The molecule has 0 aromatic carbocycles. The Hall–Kier alpha value is -0.610. The molecule has 120 valence electrons. The molecule has 0 amide bonds. The Morgan fingerprint density at radius 3 is 2.76 bits per heavy atom. The molecule has 2 saturated carbocycles. The van der Waals surface area contributed by atoms with Gasteiger partial charge in [0, 0.05) is 12.6 Å². The Morgan fingerprint density at radius 1 is 1.33 bits per heavy atom. The number of ether oxygens (including phenoxy) is 1. The fourth-order valence-corrected chi connectivity index (χ4v) is 4.33. The normalized spacial score (nSPS) is 37.0. The van der Waals surface area contributed by atoms with Crippen LogP contribution in [0.3, 0.4) is 0 Å². The Kier molecular flexibility index (Phi) is 4.55. The van der Waals surface area contributed by atoms with Crippen molar-refractivity contribution in [1.82, 2.24) is 10.2 Å². The van der Waals surface area contributed by atoms with Gasteiger partial charge in [-0.1, -0.05) is 13.3 Å². The standard InChI is InChI=1S/C17H30N2O2/c1-13-7-10-19(12-13)11-8-14-4-3-9-17(14,16(20)21-2)18-15-5-6-15/h13-15,18H,3-12H2,1-2H3. The number of nitrogens with one attached hydrogen (secondary N) is 1. The van der Waals surface area contributed by atoms with E-state index in [0.717, 1.165) is 38.1 Å². The van der Waals surface area contributed by atoms with Crippen molar-refractivity contribution in [3.05, 3.63) is 0 Å². The lowest BCUT2D eigenvalue weighted by Crippen LogP contribution is -2.56. The highest BCUT2D eigenvalue weighted by Gasteiger charge is 2.51. The smallest absolute Gasteiger partial charge is 0.326 e. The van der Waals surface area contributed by atoms with Crippen molar-refractivity contribution in [1.29, 1.82) is 0 Å². The number of rotatable bonds is 6. The van der Waals surface area contributed by atoms with Crippen molar-refractivity contribution in [2.45, 2.75) is 63.5 Å². The quantitative estimate of drug-likeness (QED) is 0.763. The lowest BCUT2D eigenvalue weighted by molar-refractivity contribution is -0.150. The lowest BCUT2D eigenvalue weighted by Gasteiger charge is -2.35. The topological polar surface area (TPSA) is 41.6 Å². The summed E-state index contributed by atoms with van der Waals surface area (Å²) in [5.41, 5.74) is -0.388. The first-order valence-corrected chi connectivity index (χ1v) is 8.72. The summed E-state index contributed by atoms with van der Waals surface area (Å²) < 4.78 is 5.17. The first kappa shape index (κ1) is 15.3. The molecule has 0 aromatic rings. The van der Waals surface area contributed by atoms with Gasteiger partial charge in [-0.2, -0.15) is 0 Å². The summed E-state index contributed by atoms with van der Waals surface area (Å²) >= 11 is 0. The predicted octanol–water partition coefficient (Wildman–Crippen LogP) is 2.18. The van der Waals surface area contributed by atoms with Crippen molar-refractivity contribution in [3.8, 4) is 0 Å². The molecule has 3 unspecified atom stereocenters. The van der Waals surface area contributed by atoms with Gasteiger partial charge in [0.05, 0.1) is 7.11 Å². The van der Waals surface area contributed by atoms with Gasteiger partial charge in [-0.15, -0.1) is 0 Å². The monoisotopic (exact) mass is 294 g/mol. The molecule has 0 bridgehead atoms. The van der Waals surface area contributed by atoms with E-state index in [0.29, 0.717) is 12.0 Å². The third-order valence-electron chi connectivity index (χ3n) is 5.71. The molecule has 1 aliphatic heterocycles. The summed E-state index contributed by atoms with van der Waals surface area (Å²) in [5, 5.41) is 3.66. The largest absolute Gasteiger partial charge is 0.468 e. The van der Waals surface area contributed by atoms with Gasteiger partial charge >= 0.3 is 5.97 Å². The van der Waals surface area contributed by atoms with E-state index in [2.05, 4.69) is 17.1 Å². The van der Waals surface area contributed by atoms with Crippen LogP contribution < -0.4 is 5.32 Å². The van der Waals surface area contributed by atoms with Gasteiger partial charge in [-0.25, -0.2) is 0 Å². The maximum Gasteiger partial charge on any atom is 0.326 e. The third kappa shape index (κ3) is 3.26. The van der Waals surface area contributed by atoms with Crippen LogP contribution in [0.5, 0.6) is 0 Å². The molecule has 21 heavy (non-hydrogen) atoms. The molecule has 3 atom stereocenters. The van der Waals surface area contributed by atoms with Crippen LogP contribution in [0, 0.1) is 11.8 Å². The van der Waals surface area contributed by atoms with Crippen molar-refractivity contribution in [2.75, 3.05) is 26.7 Å². The van der Waals surface area contributed by atoms with Crippen molar-refractivity contribution >= 4 is 5.97 Å². The van der Waals surface area contributed by atoms with E-state index in [-0.39, 0.29) is 11.5 Å². The number of hydrogen-bond acceptors (Lipinski definition) is 4. The van der Waals surface area contributed by atoms with E-state index < -0.39 is 0 Å². The second kappa shape index (κ2) is 6.25. The average Bonchev–Trinajstić information content (AvgIpc) is 3.04. The summed E-state index contributed by atoms with van der Waals surface area (Å²) in [6.07, 6.45) is 8.16. The number of carbonyl (C=O) groups is 1. The number of likely N-dealkylation sites (tertiary alicyclic amines) is 1. The predicted molar refractivity (Wildman–Crippen MR) is 83.1 cm³/mol. The van der Waals surface area contributed by atoms with Crippen LogP contribution >= 0.6 is 0 Å². The lowest BCUT2D eigenvalue weighted by atomic mass is 9.84. The van der Waals surface area contributed by atoms with Gasteiger partial charge in [0.25, 0.3) is 0 Å². The summed E-state index contributed by atoms with van der Waals surface area (Å²) in [6, 6.07) is 0.552. The SMILES string of the molecule is COC(=O)C1(NC2CC2)CCCC1CCN1CCC(C)C1. The van der Waals surface area contributed by atoms with Gasteiger partial charge < -0.3 is 9.64 Å². The summed E-state index contributed by atoms with van der Waals surface area (Å²) in [4.78, 5) is 15.0. The van der Waals surface area contributed by atoms with E-state index >= 15 is 0 Å². The van der Waals surface area contributed by atoms with Crippen molar-refractivity contribution in [3.63, 3.8) is 0 Å². The maximum atomic E-state index is 12.5. The molecule has 4 heteroatoms. The molecule has 1 heterocycles. The van der Waals surface area contributed by atoms with Crippen LogP contribution in [0.25, 0.3) is 0 Å². The molecule has 1 saturated heterocycles. The van der Waals surface area contributed by atoms with Gasteiger partial charge in [0.15, 0.2) is 0 Å². The van der Waals surface area contributed by atoms with Gasteiger partial charge in [-0.3, -0.25) is 10.1 Å². The minimum Gasteiger partial charge on any atom is -0.468 e. The van der Waals surface area contributed by atoms with Crippen LogP contribution in [-0.4, -0.2) is 49.2 Å². The Morgan fingerprint density at radius 2 is 2.14 bits per heavy atom. The molecule has 4 nitrogen and oxygen atoms in total. The van der Waals surface area contributed by atoms with E-state index in [1.807, 2.05) is 0 Å². The molecule has 3 aliphatic rings. The molecule has 3 fully saturated rings. The van der Waals surface area contributed by atoms with Gasteiger partial charge in [0.2, 0.25) is 0 Å². The molecule has 0 spiro atoms. The van der Waals surface area contributed by atoms with Crippen LogP contribution in [-0.2, 0) is 9.53 Å². The van der Waals surface area contributed by atoms with E-state index in [9.17, 15) is 4.79 Å². The fourth-order valence-electron chi connectivity index (χ4n) is 4.33. The van der Waals surface area contributed by atoms with Crippen molar-refractivity contribution in [2.24, 2.45) is 11.8 Å². The summed E-state index contributed by atoms with van der Waals surface area (Å²) in [5.74, 6) is 1.26. The fraction of sp³-hybridized carbons (Fsp3) is 0.941. The maximum absolute atomic E-state index is 12.5. The number of methoxy groups -OCH3 is 1. The zero-order valence-electron chi connectivity index (χ0n) is 13.6. The van der Waals surface area contributed by atoms with Gasteiger partial charge in [-0.05, 0) is 63.5 Å². The Labute approximate surface area is 128 Å². The molecule has 1 N–H and O–H groups in total. The van der Waals surface area contributed by atoms with Crippen molar-refractivity contribution < 1.29 is 9.53 Å². The van der Waals surface area contributed by atoms with E-state index in [1.54, 1.807) is 0 Å². The van der Waals surface area contributed by atoms with Crippen LogP contribution in [0.2, 0.25) is 0 Å². The number of nitrogens with zero attached hydrogens (tertiary/aromatic N) is 1. The highest BCUT2D eigenvalue weighted by atomic mass is 16.5. The second-order valence-electron chi connectivity index (χ2n) is 7.45. The number of hydrogen-bond donors (Lipinski definition) is 1.